The first-order chi connectivity index (χ1) is 7.40. The van der Waals surface area contributed by atoms with Gasteiger partial charge >= 0.3 is 0 Å². The molecule has 0 spiro atoms. The fraction of sp³-hybridized carbons (Fsp3) is 0.500. The highest BCUT2D eigenvalue weighted by Crippen LogP contribution is 2.24. The molecule has 2 rings (SSSR count). The van der Waals surface area contributed by atoms with Crippen molar-refractivity contribution in [2.75, 3.05) is 25.6 Å². The molecule has 3 nitrogen and oxygen atoms in total. The molecule has 1 aliphatic rings. The number of hydrogen-bond donors (Lipinski definition) is 3. The number of hydrogen-bond acceptors (Lipinski definition) is 3. The van der Waals surface area contributed by atoms with Crippen molar-refractivity contribution in [2.24, 2.45) is 0 Å². The minimum absolute atomic E-state index is 0.697. The standard InChI is InChI=1S/C12H19N3/c1-13-15-12-6-4-10(5-7-12)11-3-2-8-14-9-11/h4-7,11,13-15H,2-3,8-9H2,1H3/t11-/m1/s1. The molecule has 1 atom stereocenters. The Labute approximate surface area is 91.2 Å². The van der Waals surface area contributed by atoms with E-state index in [4.69, 9.17) is 0 Å². The number of hydrazine groups is 1. The first-order valence-electron chi connectivity index (χ1n) is 5.63. The lowest BCUT2D eigenvalue weighted by Gasteiger charge is -2.23. The number of piperidine rings is 1. The largest absolute Gasteiger partial charge is 0.322 e. The van der Waals surface area contributed by atoms with E-state index in [0.29, 0.717) is 5.92 Å². The lowest BCUT2D eigenvalue weighted by Crippen LogP contribution is -2.28. The van der Waals surface area contributed by atoms with Gasteiger partial charge in [0.1, 0.15) is 0 Å². The fourth-order valence-electron chi connectivity index (χ4n) is 2.12. The lowest BCUT2D eigenvalue weighted by molar-refractivity contribution is 0.461. The Bertz CT molecular complexity index is 288. The summed E-state index contributed by atoms with van der Waals surface area (Å²) < 4.78 is 0. The maximum Gasteiger partial charge on any atom is 0.0487 e. The molecular formula is C12H19N3. The van der Waals surface area contributed by atoms with Crippen LogP contribution in [0.4, 0.5) is 5.69 Å². The predicted octanol–water partition coefficient (Wildman–Crippen LogP) is 1.70. The zero-order valence-corrected chi connectivity index (χ0v) is 9.22. The molecule has 1 aromatic carbocycles. The minimum atomic E-state index is 0.697. The molecule has 0 radical (unpaired) electrons. The summed E-state index contributed by atoms with van der Waals surface area (Å²) in [6.45, 7) is 2.30. The molecule has 3 heteroatoms. The molecule has 15 heavy (non-hydrogen) atoms. The lowest BCUT2D eigenvalue weighted by atomic mass is 9.92. The molecule has 0 aliphatic carbocycles. The number of nitrogens with one attached hydrogen (secondary N) is 3. The van der Waals surface area contributed by atoms with Gasteiger partial charge in [-0.2, -0.15) is 0 Å². The third-order valence-corrected chi connectivity index (χ3v) is 2.95. The van der Waals surface area contributed by atoms with E-state index < -0.39 is 0 Å². The number of benzene rings is 1. The van der Waals surface area contributed by atoms with Crippen LogP contribution >= 0.6 is 0 Å². The molecule has 1 aliphatic heterocycles. The van der Waals surface area contributed by atoms with Crippen LogP contribution in [0, 0.1) is 0 Å². The van der Waals surface area contributed by atoms with Gasteiger partial charge in [0.25, 0.3) is 0 Å². The third-order valence-electron chi connectivity index (χ3n) is 2.95. The van der Waals surface area contributed by atoms with Crippen LogP contribution in [0.25, 0.3) is 0 Å². The molecule has 0 aromatic heterocycles. The molecule has 0 amide bonds. The van der Waals surface area contributed by atoms with Crippen molar-refractivity contribution in [1.29, 1.82) is 0 Å². The zero-order chi connectivity index (χ0) is 10.5. The van der Waals surface area contributed by atoms with Gasteiger partial charge in [0.2, 0.25) is 0 Å². The van der Waals surface area contributed by atoms with Gasteiger partial charge in [-0.05, 0) is 43.0 Å². The van der Waals surface area contributed by atoms with E-state index in [1.807, 2.05) is 7.05 Å². The molecule has 3 N–H and O–H groups in total. The van der Waals surface area contributed by atoms with Crippen LogP contribution in [0.3, 0.4) is 0 Å². The van der Waals surface area contributed by atoms with E-state index in [2.05, 4.69) is 40.4 Å². The summed E-state index contributed by atoms with van der Waals surface area (Å²) in [5.41, 5.74) is 8.56. The van der Waals surface area contributed by atoms with Crippen LogP contribution in [0.1, 0.15) is 24.3 Å². The Balaban J connectivity index is 2.02. The summed E-state index contributed by atoms with van der Waals surface area (Å²) in [6.07, 6.45) is 2.60. The third kappa shape index (κ3) is 2.70. The minimum Gasteiger partial charge on any atom is -0.322 e. The van der Waals surface area contributed by atoms with Crippen molar-refractivity contribution in [1.82, 2.24) is 10.7 Å². The summed E-state index contributed by atoms with van der Waals surface area (Å²) in [7, 11) is 1.87. The summed E-state index contributed by atoms with van der Waals surface area (Å²) >= 11 is 0. The van der Waals surface area contributed by atoms with Gasteiger partial charge in [-0.15, -0.1) is 0 Å². The maximum atomic E-state index is 3.45. The molecule has 1 saturated heterocycles. The van der Waals surface area contributed by atoms with E-state index in [9.17, 15) is 0 Å². The average molecular weight is 205 g/mol. The number of anilines is 1. The van der Waals surface area contributed by atoms with Gasteiger partial charge in [0.15, 0.2) is 0 Å². The predicted molar refractivity (Wildman–Crippen MR) is 64.0 cm³/mol. The van der Waals surface area contributed by atoms with Gasteiger partial charge in [-0.3, -0.25) is 0 Å². The van der Waals surface area contributed by atoms with Gasteiger partial charge in [-0.25, -0.2) is 5.43 Å². The second-order valence-corrected chi connectivity index (χ2v) is 4.04. The second kappa shape index (κ2) is 5.14. The molecule has 0 saturated carbocycles. The topological polar surface area (TPSA) is 36.1 Å². The van der Waals surface area contributed by atoms with Crippen molar-refractivity contribution >= 4 is 5.69 Å². The SMILES string of the molecule is CNNc1ccc([C@@H]2CCCNC2)cc1. The van der Waals surface area contributed by atoms with Crippen LogP contribution in [-0.4, -0.2) is 20.1 Å². The molecule has 0 unspecified atom stereocenters. The highest BCUT2D eigenvalue weighted by atomic mass is 15.3. The van der Waals surface area contributed by atoms with Crippen molar-refractivity contribution in [3.8, 4) is 0 Å². The van der Waals surface area contributed by atoms with Crippen LogP contribution in [0.15, 0.2) is 24.3 Å². The average Bonchev–Trinajstić information content (AvgIpc) is 2.32. The van der Waals surface area contributed by atoms with Gasteiger partial charge < -0.3 is 10.7 Å². The van der Waals surface area contributed by atoms with Gasteiger partial charge in [0.05, 0.1) is 0 Å². The Morgan fingerprint density at radius 3 is 2.67 bits per heavy atom. The van der Waals surface area contributed by atoms with E-state index in [1.165, 1.54) is 24.9 Å². The van der Waals surface area contributed by atoms with E-state index >= 15 is 0 Å². The summed E-state index contributed by atoms with van der Waals surface area (Å²) in [6, 6.07) is 8.69. The highest BCUT2D eigenvalue weighted by Gasteiger charge is 2.14. The monoisotopic (exact) mass is 205 g/mol. The zero-order valence-electron chi connectivity index (χ0n) is 9.22. The van der Waals surface area contributed by atoms with Gasteiger partial charge in [-0.1, -0.05) is 12.1 Å². The highest BCUT2D eigenvalue weighted by molar-refractivity contribution is 5.44. The Morgan fingerprint density at radius 2 is 2.07 bits per heavy atom. The normalized spacial score (nSPS) is 21.3. The van der Waals surface area contributed by atoms with Crippen molar-refractivity contribution in [3.05, 3.63) is 29.8 Å². The summed E-state index contributed by atoms with van der Waals surface area (Å²) in [5.74, 6) is 0.697. The Kier molecular flexibility index (Phi) is 3.59. The maximum absolute atomic E-state index is 3.45. The first-order valence-corrected chi connectivity index (χ1v) is 5.63. The van der Waals surface area contributed by atoms with Crippen LogP contribution in [0.2, 0.25) is 0 Å². The van der Waals surface area contributed by atoms with Crippen molar-refractivity contribution < 1.29 is 0 Å². The van der Waals surface area contributed by atoms with Crippen molar-refractivity contribution in [3.63, 3.8) is 0 Å². The second-order valence-electron chi connectivity index (χ2n) is 4.04. The molecule has 1 aromatic rings. The van der Waals surface area contributed by atoms with E-state index in [-0.39, 0.29) is 0 Å². The number of rotatable bonds is 3. The van der Waals surface area contributed by atoms with Crippen molar-refractivity contribution in [2.45, 2.75) is 18.8 Å². The van der Waals surface area contributed by atoms with Crippen LogP contribution in [-0.2, 0) is 0 Å². The molecule has 0 bridgehead atoms. The first kappa shape index (κ1) is 10.5. The smallest absolute Gasteiger partial charge is 0.0487 e. The van der Waals surface area contributed by atoms with E-state index in [0.717, 1.165) is 12.2 Å². The summed E-state index contributed by atoms with van der Waals surface area (Å²) in [5, 5.41) is 3.45. The molecule has 82 valence electrons. The Morgan fingerprint density at radius 1 is 1.27 bits per heavy atom. The quantitative estimate of drug-likeness (QED) is 0.657. The van der Waals surface area contributed by atoms with Crippen LogP contribution in [0.5, 0.6) is 0 Å². The van der Waals surface area contributed by atoms with E-state index in [1.54, 1.807) is 0 Å². The van der Waals surface area contributed by atoms with Crippen LogP contribution < -0.4 is 16.2 Å². The fourth-order valence-corrected chi connectivity index (χ4v) is 2.12. The van der Waals surface area contributed by atoms with Gasteiger partial charge in [0, 0.05) is 19.3 Å². The molecular weight excluding hydrogens is 186 g/mol. The molecule has 1 fully saturated rings. The molecule has 1 heterocycles. The summed E-state index contributed by atoms with van der Waals surface area (Å²) in [4.78, 5) is 0. The Hall–Kier alpha value is -1.06.